The quantitative estimate of drug-likeness (QED) is 0.274. The SMILES string of the molecule is COc1cc(NNC(=O)C(=O)NNc2ccc([N+](=O)[O-])c(OC)c2)ccc1[N+](=O)[O-]. The summed E-state index contributed by atoms with van der Waals surface area (Å²) in [6.07, 6.45) is 0. The van der Waals surface area contributed by atoms with Crippen LogP contribution in [0.5, 0.6) is 11.5 Å². The van der Waals surface area contributed by atoms with Crippen molar-refractivity contribution in [3.05, 3.63) is 56.6 Å². The first-order chi connectivity index (χ1) is 14.3. The summed E-state index contributed by atoms with van der Waals surface area (Å²) in [5, 5.41) is 21.7. The number of hydrogen-bond donors (Lipinski definition) is 4. The Bertz CT molecular complexity index is 916. The molecule has 30 heavy (non-hydrogen) atoms. The van der Waals surface area contributed by atoms with E-state index in [1.54, 1.807) is 0 Å². The van der Waals surface area contributed by atoms with Gasteiger partial charge in [0.05, 0.1) is 35.4 Å². The molecule has 158 valence electrons. The average Bonchev–Trinajstić information content (AvgIpc) is 2.74. The molecule has 0 bridgehead atoms. The first kappa shape index (κ1) is 21.7. The second-order valence-corrected chi connectivity index (χ2v) is 5.45. The van der Waals surface area contributed by atoms with Gasteiger partial charge in [0.2, 0.25) is 0 Å². The molecule has 0 atom stereocenters. The van der Waals surface area contributed by atoms with Gasteiger partial charge in [-0.2, -0.15) is 0 Å². The van der Waals surface area contributed by atoms with Crippen LogP contribution in [0.15, 0.2) is 36.4 Å². The molecule has 0 saturated heterocycles. The summed E-state index contributed by atoms with van der Waals surface area (Å²) >= 11 is 0. The lowest BCUT2D eigenvalue weighted by Crippen LogP contribution is -2.44. The van der Waals surface area contributed by atoms with Gasteiger partial charge in [0, 0.05) is 24.3 Å². The molecule has 2 amide bonds. The predicted molar refractivity (Wildman–Crippen MR) is 103 cm³/mol. The minimum atomic E-state index is -1.09. The molecule has 0 saturated carbocycles. The number of nitrogens with zero attached hydrogens (tertiary/aromatic N) is 2. The standard InChI is InChI=1S/C16H16N6O8/c1-29-13-7-9(3-5-11(13)21(25)26)17-19-15(23)16(24)20-18-10-4-6-12(22(27)28)14(8-10)30-2/h3-8,17-18H,1-2H3,(H,19,23)(H,20,24). The Morgan fingerprint density at radius 3 is 1.43 bits per heavy atom. The van der Waals surface area contributed by atoms with E-state index in [2.05, 4.69) is 21.7 Å². The van der Waals surface area contributed by atoms with Crippen LogP contribution in [0.3, 0.4) is 0 Å². The lowest BCUT2D eigenvalue weighted by molar-refractivity contribution is -0.385. The van der Waals surface area contributed by atoms with Gasteiger partial charge < -0.3 is 9.47 Å². The maximum Gasteiger partial charge on any atom is 0.329 e. The number of amides is 2. The third-order valence-corrected chi connectivity index (χ3v) is 3.60. The Morgan fingerprint density at radius 1 is 0.767 bits per heavy atom. The second-order valence-electron chi connectivity index (χ2n) is 5.45. The highest BCUT2D eigenvalue weighted by Gasteiger charge is 2.18. The normalized spacial score (nSPS) is 9.80. The number of hydrogen-bond acceptors (Lipinski definition) is 10. The van der Waals surface area contributed by atoms with Crippen molar-refractivity contribution in [2.75, 3.05) is 25.1 Å². The molecule has 0 fully saturated rings. The zero-order valence-electron chi connectivity index (χ0n) is 15.6. The molecule has 14 heteroatoms. The lowest BCUT2D eigenvalue weighted by atomic mass is 10.2. The molecule has 0 aromatic heterocycles. The van der Waals surface area contributed by atoms with E-state index >= 15 is 0 Å². The second kappa shape index (κ2) is 9.54. The van der Waals surface area contributed by atoms with Gasteiger partial charge in [-0.3, -0.25) is 51.5 Å². The predicted octanol–water partition coefficient (Wildman–Crippen LogP) is 1.11. The Balaban J connectivity index is 1.93. The van der Waals surface area contributed by atoms with E-state index in [1.165, 1.54) is 38.5 Å². The number of nitro benzene ring substituents is 2. The van der Waals surface area contributed by atoms with Crippen LogP contribution in [0, 0.1) is 20.2 Å². The maximum atomic E-state index is 11.9. The van der Waals surface area contributed by atoms with E-state index in [-0.39, 0.29) is 34.2 Å². The molecule has 2 rings (SSSR count). The fraction of sp³-hybridized carbons (Fsp3) is 0.125. The van der Waals surface area contributed by atoms with Crippen molar-refractivity contribution in [2.24, 2.45) is 0 Å². The number of benzene rings is 2. The summed E-state index contributed by atoms with van der Waals surface area (Å²) in [6, 6.07) is 7.46. The number of rotatable bonds is 8. The fourth-order valence-electron chi connectivity index (χ4n) is 2.18. The summed E-state index contributed by atoms with van der Waals surface area (Å²) in [5.41, 5.74) is 8.96. The van der Waals surface area contributed by atoms with Gasteiger partial charge in [-0.25, -0.2) is 0 Å². The summed E-state index contributed by atoms with van der Waals surface area (Å²) in [6.45, 7) is 0. The Hall–Kier alpha value is -4.62. The first-order valence-corrected chi connectivity index (χ1v) is 8.04. The van der Waals surface area contributed by atoms with Gasteiger partial charge in [0.1, 0.15) is 0 Å². The largest absolute Gasteiger partial charge is 0.490 e. The molecule has 2 aromatic rings. The molecule has 0 aliphatic carbocycles. The molecule has 4 N–H and O–H groups in total. The molecular weight excluding hydrogens is 404 g/mol. The third kappa shape index (κ3) is 5.22. The van der Waals surface area contributed by atoms with Gasteiger partial charge in [-0.05, 0) is 12.1 Å². The number of methoxy groups -OCH3 is 2. The summed E-state index contributed by atoms with van der Waals surface area (Å²) in [4.78, 5) is 44.2. The highest BCUT2D eigenvalue weighted by molar-refractivity contribution is 6.35. The third-order valence-electron chi connectivity index (χ3n) is 3.60. The van der Waals surface area contributed by atoms with Crippen molar-refractivity contribution in [3.8, 4) is 11.5 Å². The molecule has 0 radical (unpaired) electrons. The van der Waals surface area contributed by atoms with Crippen LogP contribution in [0.4, 0.5) is 22.7 Å². The number of anilines is 2. The van der Waals surface area contributed by atoms with Crippen LogP contribution in [0.25, 0.3) is 0 Å². The van der Waals surface area contributed by atoms with Crippen LogP contribution < -0.4 is 31.2 Å². The zero-order chi connectivity index (χ0) is 22.3. The molecule has 0 aliphatic heterocycles. The zero-order valence-corrected chi connectivity index (χ0v) is 15.6. The van der Waals surface area contributed by atoms with E-state index in [0.29, 0.717) is 0 Å². The van der Waals surface area contributed by atoms with Gasteiger partial charge >= 0.3 is 23.2 Å². The summed E-state index contributed by atoms with van der Waals surface area (Å²) in [7, 11) is 2.49. The van der Waals surface area contributed by atoms with Gasteiger partial charge in [-0.1, -0.05) is 0 Å². The van der Waals surface area contributed by atoms with E-state index in [0.717, 1.165) is 12.1 Å². The maximum absolute atomic E-state index is 11.9. The highest BCUT2D eigenvalue weighted by Crippen LogP contribution is 2.30. The van der Waals surface area contributed by atoms with E-state index in [1.807, 2.05) is 0 Å². The smallest absolute Gasteiger partial charge is 0.329 e. The minimum absolute atomic E-state index is 0.0440. The number of hydrazine groups is 2. The topological polar surface area (TPSA) is 187 Å². The van der Waals surface area contributed by atoms with Crippen molar-refractivity contribution in [1.29, 1.82) is 0 Å². The van der Waals surface area contributed by atoms with Crippen LogP contribution in [-0.4, -0.2) is 35.9 Å². The van der Waals surface area contributed by atoms with Crippen LogP contribution in [0.1, 0.15) is 0 Å². The highest BCUT2D eigenvalue weighted by atomic mass is 16.6. The molecule has 2 aromatic carbocycles. The minimum Gasteiger partial charge on any atom is -0.490 e. The molecule has 0 aliphatic rings. The molecule has 14 nitrogen and oxygen atoms in total. The number of nitro groups is 2. The first-order valence-electron chi connectivity index (χ1n) is 8.04. The van der Waals surface area contributed by atoms with Gasteiger partial charge in [0.15, 0.2) is 11.5 Å². The van der Waals surface area contributed by atoms with Crippen molar-refractivity contribution in [1.82, 2.24) is 10.9 Å². The van der Waals surface area contributed by atoms with Crippen LogP contribution in [0.2, 0.25) is 0 Å². The Morgan fingerprint density at radius 2 is 1.13 bits per heavy atom. The number of ether oxygens (including phenoxy) is 2. The number of carbonyl (C=O) groups excluding carboxylic acids is 2. The molecule has 0 unspecified atom stereocenters. The molecule has 0 heterocycles. The number of nitrogens with one attached hydrogen (secondary N) is 4. The Kier molecular flexibility index (Phi) is 6.89. The van der Waals surface area contributed by atoms with E-state index in [9.17, 15) is 29.8 Å². The van der Waals surface area contributed by atoms with Crippen molar-refractivity contribution in [3.63, 3.8) is 0 Å². The molecular formula is C16H16N6O8. The average molecular weight is 420 g/mol. The van der Waals surface area contributed by atoms with Crippen molar-refractivity contribution in [2.45, 2.75) is 0 Å². The fourth-order valence-corrected chi connectivity index (χ4v) is 2.18. The van der Waals surface area contributed by atoms with Crippen molar-refractivity contribution >= 4 is 34.6 Å². The van der Waals surface area contributed by atoms with Crippen molar-refractivity contribution < 1.29 is 28.9 Å². The van der Waals surface area contributed by atoms with Gasteiger partial charge in [0.25, 0.3) is 0 Å². The summed E-state index contributed by atoms with van der Waals surface area (Å²) < 4.78 is 9.79. The van der Waals surface area contributed by atoms with Crippen LogP contribution in [-0.2, 0) is 9.59 Å². The van der Waals surface area contributed by atoms with E-state index in [4.69, 9.17) is 9.47 Å². The monoisotopic (exact) mass is 420 g/mol. The summed E-state index contributed by atoms with van der Waals surface area (Å²) in [5.74, 6) is -2.27. The van der Waals surface area contributed by atoms with E-state index < -0.39 is 21.7 Å². The number of carbonyl (C=O) groups is 2. The molecule has 0 spiro atoms. The van der Waals surface area contributed by atoms with Crippen LogP contribution >= 0.6 is 0 Å². The van der Waals surface area contributed by atoms with Gasteiger partial charge in [-0.15, -0.1) is 0 Å². The lowest BCUT2D eigenvalue weighted by Gasteiger charge is -2.11. The Labute approximate surface area is 168 Å².